The second kappa shape index (κ2) is 4.58. The highest BCUT2D eigenvalue weighted by Crippen LogP contribution is 2.14. The Balaban J connectivity index is 2.07. The summed E-state index contributed by atoms with van der Waals surface area (Å²) in [5.74, 6) is 0. The third-order valence-electron chi connectivity index (χ3n) is 2.83. The van der Waals surface area contributed by atoms with Crippen molar-refractivity contribution in [2.24, 2.45) is 0 Å². The van der Waals surface area contributed by atoms with Gasteiger partial charge < -0.3 is 10.6 Å². The quantitative estimate of drug-likeness (QED) is 0.738. The summed E-state index contributed by atoms with van der Waals surface area (Å²) in [7, 11) is 0. The van der Waals surface area contributed by atoms with Gasteiger partial charge in [0.15, 0.2) is 0 Å². The molecular formula is C12H18N2. The highest BCUT2D eigenvalue weighted by molar-refractivity contribution is 5.25. The van der Waals surface area contributed by atoms with Gasteiger partial charge in [0, 0.05) is 25.7 Å². The predicted molar refractivity (Wildman–Crippen MR) is 59.4 cm³/mol. The van der Waals surface area contributed by atoms with Crippen LogP contribution in [0.3, 0.4) is 0 Å². The lowest BCUT2D eigenvalue weighted by Crippen LogP contribution is -2.42. The molecule has 1 atom stereocenters. The summed E-state index contributed by atoms with van der Waals surface area (Å²) in [5.41, 5.74) is 2.81. The van der Waals surface area contributed by atoms with Crippen LogP contribution in [0, 0.1) is 0 Å². The van der Waals surface area contributed by atoms with Crippen molar-refractivity contribution in [3.63, 3.8) is 0 Å². The number of piperazine rings is 1. The first-order valence-corrected chi connectivity index (χ1v) is 5.43. The van der Waals surface area contributed by atoms with Crippen molar-refractivity contribution < 1.29 is 0 Å². The molecule has 2 nitrogen and oxygen atoms in total. The zero-order valence-electron chi connectivity index (χ0n) is 8.72. The Kier molecular flexibility index (Phi) is 3.17. The molecule has 0 aromatic heterocycles. The number of hydrogen-bond donors (Lipinski definition) is 2. The maximum atomic E-state index is 3.51. The molecule has 1 aromatic carbocycles. The van der Waals surface area contributed by atoms with Crippen molar-refractivity contribution in [3.05, 3.63) is 35.4 Å². The summed E-state index contributed by atoms with van der Waals surface area (Å²) in [6.45, 7) is 5.39. The van der Waals surface area contributed by atoms with Gasteiger partial charge in [0.1, 0.15) is 0 Å². The highest BCUT2D eigenvalue weighted by atomic mass is 15.1. The molecule has 0 aliphatic carbocycles. The Morgan fingerprint density at radius 2 is 2.00 bits per heavy atom. The molecule has 1 aromatic rings. The Morgan fingerprint density at radius 3 is 2.57 bits per heavy atom. The van der Waals surface area contributed by atoms with E-state index in [4.69, 9.17) is 0 Å². The molecule has 1 aliphatic rings. The fourth-order valence-corrected chi connectivity index (χ4v) is 1.87. The van der Waals surface area contributed by atoms with Crippen molar-refractivity contribution in [2.75, 3.05) is 19.6 Å². The largest absolute Gasteiger partial charge is 0.314 e. The molecule has 1 aliphatic heterocycles. The zero-order chi connectivity index (χ0) is 9.80. The molecule has 0 amide bonds. The molecule has 0 saturated carbocycles. The molecular weight excluding hydrogens is 172 g/mol. The van der Waals surface area contributed by atoms with E-state index >= 15 is 0 Å². The summed E-state index contributed by atoms with van der Waals surface area (Å²) in [5, 5.41) is 6.91. The zero-order valence-corrected chi connectivity index (χ0v) is 8.72. The van der Waals surface area contributed by atoms with Gasteiger partial charge in [-0.15, -0.1) is 0 Å². The van der Waals surface area contributed by atoms with E-state index in [1.807, 2.05) is 0 Å². The lowest BCUT2D eigenvalue weighted by atomic mass is 10.0. The topological polar surface area (TPSA) is 24.1 Å². The first kappa shape index (κ1) is 9.69. The fourth-order valence-electron chi connectivity index (χ4n) is 1.87. The van der Waals surface area contributed by atoms with Crippen LogP contribution >= 0.6 is 0 Å². The average Bonchev–Trinajstić information content (AvgIpc) is 2.30. The fraction of sp³-hybridized carbons (Fsp3) is 0.500. The summed E-state index contributed by atoms with van der Waals surface area (Å²) in [4.78, 5) is 0. The van der Waals surface area contributed by atoms with Crippen molar-refractivity contribution >= 4 is 0 Å². The minimum atomic E-state index is 0.495. The molecule has 2 N–H and O–H groups in total. The molecule has 2 heteroatoms. The van der Waals surface area contributed by atoms with Gasteiger partial charge in [0.25, 0.3) is 0 Å². The minimum absolute atomic E-state index is 0.495. The Bertz CT molecular complexity index is 273. The molecule has 0 bridgehead atoms. The number of benzene rings is 1. The van der Waals surface area contributed by atoms with E-state index in [-0.39, 0.29) is 0 Å². The van der Waals surface area contributed by atoms with Crippen LogP contribution < -0.4 is 10.6 Å². The van der Waals surface area contributed by atoms with Crippen LogP contribution in [0.1, 0.15) is 24.1 Å². The van der Waals surface area contributed by atoms with Crippen LogP contribution in [0.2, 0.25) is 0 Å². The number of hydrogen-bond acceptors (Lipinski definition) is 2. The van der Waals surface area contributed by atoms with Crippen LogP contribution in [0.5, 0.6) is 0 Å². The van der Waals surface area contributed by atoms with Gasteiger partial charge in [0.05, 0.1) is 0 Å². The third-order valence-corrected chi connectivity index (χ3v) is 2.83. The van der Waals surface area contributed by atoms with Crippen molar-refractivity contribution in [1.82, 2.24) is 10.6 Å². The van der Waals surface area contributed by atoms with E-state index in [0.29, 0.717) is 6.04 Å². The Labute approximate surface area is 85.7 Å². The van der Waals surface area contributed by atoms with E-state index in [2.05, 4.69) is 41.8 Å². The third kappa shape index (κ3) is 2.14. The predicted octanol–water partition coefficient (Wildman–Crippen LogP) is 1.48. The van der Waals surface area contributed by atoms with Crippen LogP contribution in [-0.4, -0.2) is 19.6 Å². The highest BCUT2D eigenvalue weighted by Gasteiger charge is 2.13. The SMILES string of the molecule is CCc1ccc(C2CNCCN2)cc1. The van der Waals surface area contributed by atoms with E-state index in [9.17, 15) is 0 Å². The monoisotopic (exact) mass is 190 g/mol. The second-order valence-electron chi connectivity index (χ2n) is 3.81. The Hall–Kier alpha value is -0.860. The van der Waals surface area contributed by atoms with Gasteiger partial charge in [-0.1, -0.05) is 31.2 Å². The minimum Gasteiger partial charge on any atom is -0.314 e. The first-order valence-electron chi connectivity index (χ1n) is 5.43. The molecule has 0 radical (unpaired) electrons. The van der Waals surface area contributed by atoms with Gasteiger partial charge in [-0.25, -0.2) is 0 Å². The number of nitrogens with one attached hydrogen (secondary N) is 2. The lowest BCUT2D eigenvalue weighted by molar-refractivity contribution is 0.430. The van der Waals surface area contributed by atoms with E-state index in [1.54, 1.807) is 0 Å². The van der Waals surface area contributed by atoms with Crippen LogP contribution in [0.25, 0.3) is 0 Å². The molecule has 1 saturated heterocycles. The normalized spacial score (nSPS) is 22.2. The lowest BCUT2D eigenvalue weighted by Gasteiger charge is -2.24. The van der Waals surface area contributed by atoms with Crippen LogP contribution in [-0.2, 0) is 6.42 Å². The first-order chi connectivity index (χ1) is 6.90. The van der Waals surface area contributed by atoms with Gasteiger partial charge in [-0.3, -0.25) is 0 Å². The van der Waals surface area contributed by atoms with Crippen molar-refractivity contribution in [3.8, 4) is 0 Å². The smallest absolute Gasteiger partial charge is 0.0447 e. The molecule has 2 rings (SSSR count). The summed E-state index contributed by atoms with van der Waals surface area (Å²) in [6.07, 6.45) is 1.12. The number of rotatable bonds is 2. The molecule has 0 spiro atoms. The van der Waals surface area contributed by atoms with E-state index in [0.717, 1.165) is 26.1 Å². The molecule has 1 unspecified atom stereocenters. The standard InChI is InChI=1S/C12H18N2/c1-2-10-3-5-11(6-4-10)12-9-13-7-8-14-12/h3-6,12-14H,2,7-9H2,1H3. The van der Waals surface area contributed by atoms with E-state index < -0.39 is 0 Å². The van der Waals surface area contributed by atoms with Crippen molar-refractivity contribution in [2.45, 2.75) is 19.4 Å². The van der Waals surface area contributed by atoms with Gasteiger partial charge in [0.2, 0.25) is 0 Å². The van der Waals surface area contributed by atoms with Crippen molar-refractivity contribution in [1.29, 1.82) is 0 Å². The van der Waals surface area contributed by atoms with Gasteiger partial charge in [-0.2, -0.15) is 0 Å². The Morgan fingerprint density at radius 1 is 1.21 bits per heavy atom. The summed E-state index contributed by atoms with van der Waals surface area (Å²) in [6, 6.07) is 9.43. The van der Waals surface area contributed by atoms with Crippen LogP contribution in [0.4, 0.5) is 0 Å². The molecule has 1 fully saturated rings. The maximum absolute atomic E-state index is 3.51. The number of aryl methyl sites for hydroxylation is 1. The summed E-state index contributed by atoms with van der Waals surface area (Å²) >= 11 is 0. The molecule has 1 heterocycles. The van der Waals surface area contributed by atoms with Crippen LogP contribution in [0.15, 0.2) is 24.3 Å². The average molecular weight is 190 g/mol. The molecule has 14 heavy (non-hydrogen) atoms. The maximum Gasteiger partial charge on any atom is 0.0447 e. The van der Waals surface area contributed by atoms with Gasteiger partial charge in [-0.05, 0) is 17.5 Å². The van der Waals surface area contributed by atoms with E-state index in [1.165, 1.54) is 11.1 Å². The summed E-state index contributed by atoms with van der Waals surface area (Å²) < 4.78 is 0. The molecule has 76 valence electrons. The van der Waals surface area contributed by atoms with Gasteiger partial charge >= 0.3 is 0 Å². The second-order valence-corrected chi connectivity index (χ2v) is 3.81.